The number of aromatic nitrogens is 2. The number of aryl methyl sites for hydroxylation is 2. The lowest BCUT2D eigenvalue weighted by molar-refractivity contribution is -0.140. The third-order valence-corrected chi connectivity index (χ3v) is 7.26. The fourth-order valence-corrected chi connectivity index (χ4v) is 5.17. The van der Waals surface area contributed by atoms with Crippen molar-refractivity contribution in [2.75, 3.05) is 39.4 Å². The van der Waals surface area contributed by atoms with Crippen LogP contribution in [0, 0.1) is 13.8 Å². The minimum atomic E-state index is -0.695. The Kier molecular flexibility index (Phi) is 6.48. The number of pyridine rings is 1. The number of aliphatic hydroxyl groups excluding tert-OH is 1. The van der Waals surface area contributed by atoms with E-state index in [4.69, 9.17) is 4.74 Å². The summed E-state index contributed by atoms with van der Waals surface area (Å²) in [6.07, 6.45) is 1.81. The first-order valence-corrected chi connectivity index (χ1v) is 12.4. The van der Waals surface area contributed by atoms with Crippen LogP contribution in [0.3, 0.4) is 0 Å². The monoisotopic (exact) mass is 538 g/mol. The van der Waals surface area contributed by atoms with Gasteiger partial charge in [0.1, 0.15) is 11.3 Å². The number of carbonyl (C=O) groups excluding carboxylic acids is 2. The molecular weight excluding hydrogens is 512 g/mol. The highest BCUT2D eigenvalue weighted by atomic mass is 79.9. The zero-order valence-electron chi connectivity index (χ0n) is 19.7. The van der Waals surface area contributed by atoms with Gasteiger partial charge in [0, 0.05) is 36.8 Å². The van der Waals surface area contributed by atoms with Crippen molar-refractivity contribution in [3.63, 3.8) is 0 Å². The molecular formula is C26H27BrN4O4. The molecule has 4 heterocycles. The lowest BCUT2D eigenvalue weighted by atomic mass is 9.96. The number of amides is 1. The number of benzene rings is 1. The SMILES string of the molecule is Cc1nc2c(C)cccn2c1/C(O)=C1\C(=O)C(=O)N(CCN2CCOCC2)C1c1ccc(Br)cc1. The number of morpholine rings is 1. The molecule has 1 N–H and O–H groups in total. The number of nitrogens with zero attached hydrogens (tertiary/aromatic N) is 4. The smallest absolute Gasteiger partial charge is 0.295 e. The number of carbonyl (C=O) groups is 2. The molecule has 1 unspecified atom stereocenters. The maximum absolute atomic E-state index is 13.4. The molecule has 2 saturated heterocycles. The van der Waals surface area contributed by atoms with E-state index in [1.807, 2.05) is 43.3 Å². The second-order valence-electron chi connectivity index (χ2n) is 8.93. The number of hydrogen-bond acceptors (Lipinski definition) is 6. The summed E-state index contributed by atoms with van der Waals surface area (Å²) in [5.74, 6) is -1.49. The van der Waals surface area contributed by atoms with Gasteiger partial charge >= 0.3 is 0 Å². The summed E-state index contributed by atoms with van der Waals surface area (Å²) < 4.78 is 8.09. The van der Waals surface area contributed by atoms with Gasteiger partial charge in [0.25, 0.3) is 11.7 Å². The van der Waals surface area contributed by atoms with Crippen molar-refractivity contribution in [2.24, 2.45) is 0 Å². The minimum Gasteiger partial charge on any atom is -0.505 e. The Morgan fingerprint density at radius 1 is 1.11 bits per heavy atom. The Bertz CT molecular complexity index is 1330. The van der Waals surface area contributed by atoms with Gasteiger partial charge < -0.3 is 14.7 Å². The van der Waals surface area contributed by atoms with Crippen LogP contribution in [0.2, 0.25) is 0 Å². The lowest BCUT2D eigenvalue weighted by Gasteiger charge is -2.31. The summed E-state index contributed by atoms with van der Waals surface area (Å²) in [7, 11) is 0. The first kappa shape index (κ1) is 23.7. The molecule has 2 fully saturated rings. The first-order valence-electron chi connectivity index (χ1n) is 11.7. The molecule has 1 atom stereocenters. The normalized spacial score (nSPS) is 20.8. The molecule has 2 aliphatic rings. The van der Waals surface area contributed by atoms with Crippen LogP contribution in [0.4, 0.5) is 0 Å². The Morgan fingerprint density at radius 2 is 1.83 bits per heavy atom. The molecule has 182 valence electrons. The topological polar surface area (TPSA) is 87.4 Å². The standard InChI is InChI=1S/C26H27BrN4O4/c1-16-4-3-9-30-21(17(2)28-25(16)30)23(32)20-22(18-5-7-19(27)8-6-18)31(26(34)24(20)33)11-10-29-12-14-35-15-13-29/h3-9,22,32H,10-15H2,1-2H3/b23-20+. The van der Waals surface area contributed by atoms with Crippen LogP contribution < -0.4 is 0 Å². The van der Waals surface area contributed by atoms with E-state index in [0.717, 1.165) is 28.7 Å². The summed E-state index contributed by atoms with van der Waals surface area (Å²) in [4.78, 5) is 35.1. The van der Waals surface area contributed by atoms with Crippen LogP contribution in [0.1, 0.15) is 28.6 Å². The van der Waals surface area contributed by atoms with Crippen molar-refractivity contribution in [3.05, 3.63) is 75.2 Å². The van der Waals surface area contributed by atoms with Crippen LogP contribution >= 0.6 is 15.9 Å². The number of fused-ring (bicyclic) bond motifs is 1. The van der Waals surface area contributed by atoms with Gasteiger partial charge in [-0.2, -0.15) is 0 Å². The maximum atomic E-state index is 13.4. The van der Waals surface area contributed by atoms with E-state index >= 15 is 0 Å². The number of halogens is 1. The number of aliphatic hydroxyl groups is 1. The quantitative estimate of drug-likeness (QED) is 0.304. The largest absolute Gasteiger partial charge is 0.505 e. The van der Waals surface area contributed by atoms with Crippen molar-refractivity contribution >= 4 is 39.0 Å². The highest BCUT2D eigenvalue weighted by Gasteiger charge is 2.46. The number of rotatable bonds is 5. The van der Waals surface area contributed by atoms with Gasteiger partial charge in [-0.25, -0.2) is 4.98 Å². The Balaban J connectivity index is 1.62. The molecule has 1 amide bonds. The fraction of sp³-hybridized carbons (Fsp3) is 0.346. The van der Waals surface area contributed by atoms with Crippen molar-refractivity contribution in [1.29, 1.82) is 0 Å². The van der Waals surface area contributed by atoms with Crippen molar-refractivity contribution in [1.82, 2.24) is 19.2 Å². The number of hydrogen-bond donors (Lipinski definition) is 1. The van der Waals surface area contributed by atoms with E-state index in [2.05, 4.69) is 25.8 Å². The number of Topliss-reactive ketones (excluding diaryl/α,β-unsaturated/α-hetero) is 1. The van der Waals surface area contributed by atoms with Gasteiger partial charge in [-0.15, -0.1) is 0 Å². The average molecular weight is 539 g/mol. The third-order valence-electron chi connectivity index (χ3n) is 6.73. The van der Waals surface area contributed by atoms with Crippen molar-refractivity contribution in [2.45, 2.75) is 19.9 Å². The fourth-order valence-electron chi connectivity index (χ4n) is 4.91. The zero-order chi connectivity index (χ0) is 24.7. The van der Waals surface area contributed by atoms with E-state index < -0.39 is 17.7 Å². The molecule has 0 bridgehead atoms. The first-order chi connectivity index (χ1) is 16.9. The maximum Gasteiger partial charge on any atom is 0.295 e. The van der Waals surface area contributed by atoms with Gasteiger partial charge in [-0.3, -0.25) is 18.9 Å². The summed E-state index contributed by atoms with van der Waals surface area (Å²) in [5.41, 5.74) is 3.52. The highest BCUT2D eigenvalue weighted by Crippen LogP contribution is 2.40. The molecule has 5 rings (SSSR count). The second-order valence-corrected chi connectivity index (χ2v) is 9.84. The van der Waals surface area contributed by atoms with E-state index in [1.54, 1.807) is 22.4 Å². The molecule has 0 spiro atoms. The van der Waals surface area contributed by atoms with Gasteiger partial charge in [0.05, 0.1) is 30.5 Å². The van der Waals surface area contributed by atoms with Crippen LogP contribution in [0.25, 0.3) is 11.4 Å². The van der Waals surface area contributed by atoms with Crippen LogP contribution in [0.15, 0.2) is 52.6 Å². The van der Waals surface area contributed by atoms with Crippen molar-refractivity contribution in [3.8, 4) is 0 Å². The molecule has 3 aromatic rings. The van der Waals surface area contributed by atoms with Crippen LogP contribution in [-0.4, -0.2) is 75.4 Å². The van der Waals surface area contributed by atoms with Gasteiger partial charge in [0.15, 0.2) is 5.76 Å². The molecule has 2 aliphatic heterocycles. The number of likely N-dealkylation sites (tertiary alicyclic amines) is 1. The predicted molar refractivity (Wildman–Crippen MR) is 135 cm³/mol. The van der Waals surface area contributed by atoms with Crippen molar-refractivity contribution < 1.29 is 19.4 Å². The van der Waals surface area contributed by atoms with Crippen LogP contribution in [-0.2, 0) is 14.3 Å². The average Bonchev–Trinajstić information content (AvgIpc) is 3.33. The van der Waals surface area contributed by atoms with E-state index in [1.165, 1.54) is 0 Å². The minimum absolute atomic E-state index is 0.0886. The molecule has 0 aliphatic carbocycles. The lowest BCUT2D eigenvalue weighted by Crippen LogP contribution is -2.42. The van der Waals surface area contributed by atoms with Crippen LogP contribution in [0.5, 0.6) is 0 Å². The third kappa shape index (κ3) is 4.28. The van der Waals surface area contributed by atoms with Gasteiger partial charge in [0.2, 0.25) is 0 Å². The van der Waals surface area contributed by atoms with Gasteiger partial charge in [-0.05, 0) is 43.2 Å². The number of ether oxygens (including phenoxy) is 1. The Morgan fingerprint density at radius 3 is 2.54 bits per heavy atom. The summed E-state index contributed by atoms with van der Waals surface area (Å²) in [6, 6.07) is 10.6. The summed E-state index contributed by atoms with van der Waals surface area (Å²) in [5, 5.41) is 11.6. The predicted octanol–water partition coefficient (Wildman–Crippen LogP) is 3.47. The second kappa shape index (κ2) is 9.56. The molecule has 1 aromatic carbocycles. The Hall–Kier alpha value is -3.01. The number of ketones is 1. The van der Waals surface area contributed by atoms with Gasteiger partial charge in [-0.1, -0.05) is 34.1 Å². The Labute approximate surface area is 211 Å². The molecule has 2 aromatic heterocycles. The number of imidazole rings is 1. The molecule has 0 radical (unpaired) electrons. The molecule has 35 heavy (non-hydrogen) atoms. The van der Waals surface area contributed by atoms with E-state index in [-0.39, 0.29) is 11.3 Å². The highest BCUT2D eigenvalue weighted by molar-refractivity contribution is 9.10. The molecule has 0 saturated carbocycles. The molecule has 9 heteroatoms. The van der Waals surface area contributed by atoms with E-state index in [9.17, 15) is 14.7 Å². The zero-order valence-corrected chi connectivity index (χ0v) is 21.3. The van der Waals surface area contributed by atoms with E-state index in [0.29, 0.717) is 43.3 Å². The summed E-state index contributed by atoms with van der Waals surface area (Å²) in [6.45, 7) is 7.61. The molecule has 8 nitrogen and oxygen atoms in total. The summed E-state index contributed by atoms with van der Waals surface area (Å²) >= 11 is 3.46.